The van der Waals surface area contributed by atoms with Gasteiger partial charge in [-0.15, -0.1) is 0 Å². The van der Waals surface area contributed by atoms with Crippen LogP contribution >= 0.6 is 0 Å². The van der Waals surface area contributed by atoms with E-state index in [1.165, 1.54) is 0 Å². The fourth-order valence-corrected chi connectivity index (χ4v) is 3.30. The molecule has 0 aliphatic carbocycles. The Labute approximate surface area is 148 Å². The Bertz CT molecular complexity index is 682. The van der Waals surface area contributed by atoms with Gasteiger partial charge in [0, 0.05) is 25.5 Å². The number of ether oxygens (including phenoxy) is 2. The van der Waals surface area contributed by atoms with E-state index in [4.69, 9.17) is 9.47 Å². The second-order valence-corrected chi connectivity index (χ2v) is 6.09. The van der Waals surface area contributed by atoms with Crippen molar-refractivity contribution in [3.63, 3.8) is 0 Å². The maximum atomic E-state index is 13.0. The maximum absolute atomic E-state index is 13.0. The van der Waals surface area contributed by atoms with Crippen LogP contribution in [-0.4, -0.2) is 42.2 Å². The molecule has 3 rings (SSSR count). The molecule has 1 fully saturated rings. The molecule has 0 N–H and O–H groups in total. The molecule has 0 spiro atoms. The normalized spacial score (nSPS) is 17.9. The number of nitrogens with zero attached hydrogens (tertiary/aromatic N) is 2. The smallest absolute Gasteiger partial charge is 0.252 e. The highest BCUT2D eigenvalue weighted by Gasteiger charge is 2.33. The summed E-state index contributed by atoms with van der Waals surface area (Å²) >= 11 is 0. The van der Waals surface area contributed by atoms with E-state index in [0.29, 0.717) is 13.2 Å². The van der Waals surface area contributed by atoms with Crippen LogP contribution in [0.15, 0.2) is 48.8 Å². The Hall–Kier alpha value is -2.40. The van der Waals surface area contributed by atoms with Gasteiger partial charge in [-0.1, -0.05) is 18.2 Å². The van der Waals surface area contributed by atoms with Crippen LogP contribution in [0.2, 0.25) is 0 Å². The van der Waals surface area contributed by atoms with Crippen LogP contribution in [0.4, 0.5) is 0 Å². The van der Waals surface area contributed by atoms with Crippen molar-refractivity contribution in [2.24, 2.45) is 0 Å². The van der Waals surface area contributed by atoms with E-state index in [1.54, 1.807) is 13.3 Å². The fraction of sp³-hybridized carbons (Fsp3) is 0.400. The quantitative estimate of drug-likeness (QED) is 0.810. The number of benzene rings is 1. The third-order valence-electron chi connectivity index (χ3n) is 4.57. The van der Waals surface area contributed by atoms with Gasteiger partial charge in [-0.3, -0.25) is 9.78 Å². The van der Waals surface area contributed by atoms with Crippen molar-refractivity contribution >= 4 is 5.91 Å². The summed E-state index contributed by atoms with van der Waals surface area (Å²) in [6, 6.07) is 11.6. The number of hydrogen-bond donors (Lipinski definition) is 0. The second kappa shape index (κ2) is 8.12. The minimum Gasteiger partial charge on any atom is -0.497 e. The van der Waals surface area contributed by atoms with Crippen LogP contribution in [0.25, 0.3) is 0 Å². The van der Waals surface area contributed by atoms with Gasteiger partial charge in [0.05, 0.1) is 13.2 Å². The van der Waals surface area contributed by atoms with Crippen LogP contribution in [0.1, 0.15) is 36.9 Å². The van der Waals surface area contributed by atoms with Gasteiger partial charge in [0.2, 0.25) is 0 Å². The lowest BCUT2D eigenvalue weighted by molar-refractivity contribution is -0.142. The Balaban J connectivity index is 1.98. The highest BCUT2D eigenvalue weighted by atomic mass is 16.5. The molecule has 2 heterocycles. The van der Waals surface area contributed by atoms with Crippen molar-refractivity contribution < 1.29 is 14.3 Å². The molecule has 1 aromatic heterocycles. The number of aromatic nitrogens is 1. The molecule has 0 bridgehead atoms. The van der Waals surface area contributed by atoms with Gasteiger partial charge in [0.15, 0.2) is 0 Å². The van der Waals surface area contributed by atoms with Crippen molar-refractivity contribution in [3.8, 4) is 5.75 Å². The lowest BCUT2D eigenvalue weighted by atomic mass is 9.97. The summed E-state index contributed by atoms with van der Waals surface area (Å²) < 4.78 is 10.9. The van der Waals surface area contributed by atoms with Crippen molar-refractivity contribution in [1.82, 2.24) is 9.88 Å². The Kier molecular flexibility index (Phi) is 5.66. The van der Waals surface area contributed by atoms with Crippen LogP contribution in [0.3, 0.4) is 0 Å². The van der Waals surface area contributed by atoms with Gasteiger partial charge in [-0.2, -0.15) is 0 Å². The molecule has 1 amide bonds. The lowest BCUT2D eigenvalue weighted by Crippen LogP contribution is -2.41. The molecule has 1 aromatic carbocycles. The van der Waals surface area contributed by atoms with Crippen LogP contribution in [0.5, 0.6) is 5.75 Å². The topological polar surface area (TPSA) is 51.7 Å². The van der Waals surface area contributed by atoms with E-state index in [1.807, 2.05) is 54.4 Å². The number of carbonyl (C=O) groups excluding carboxylic acids is 1. The largest absolute Gasteiger partial charge is 0.497 e. The summed E-state index contributed by atoms with van der Waals surface area (Å²) in [5, 5.41) is 0. The summed E-state index contributed by atoms with van der Waals surface area (Å²) in [5.74, 6) is 0.840. The molecular weight excluding hydrogens is 316 g/mol. The van der Waals surface area contributed by atoms with Crippen molar-refractivity contribution in [2.75, 3.05) is 20.3 Å². The number of pyridine rings is 1. The lowest BCUT2D eigenvalue weighted by Gasteiger charge is -2.33. The highest BCUT2D eigenvalue weighted by Crippen LogP contribution is 2.31. The summed E-state index contributed by atoms with van der Waals surface area (Å²) in [4.78, 5) is 19.2. The summed E-state index contributed by atoms with van der Waals surface area (Å²) in [6.07, 6.45) is 4.95. The van der Waals surface area contributed by atoms with Gasteiger partial charge in [0.25, 0.3) is 5.91 Å². The van der Waals surface area contributed by atoms with Crippen LogP contribution in [0, 0.1) is 0 Å². The molecule has 25 heavy (non-hydrogen) atoms. The van der Waals surface area contributed by atoms with E-state index < -0.39 is 0 Å². The first-order valence-corrected chi connectivity index (χ1v) is 8.70. The zero-order valence-corrected chi connectivity index (χ0v) is 14.7. The molecular formula is C20H24N2O3. The van der Waals surface area contributed by atoms with E-state index in [9.17, 15) is 4.79 Å². The monoisotopic (exact) mass is 340 g/mol. The van der Waals surface area contributed by atoms with E-state index in [0.717, 1.165) is 29.7 Å². The first-order valence-electron chi connectivity index (χ1n) is 8.70. The van der Waals surface area contributed by atoms with E-state index in [2.05, 4.69) is 4.98 Å². The van der Waals surface area contributed by atoms with E-state index in [-0.39, 0.29) is 18.1 Å². The van der Waals surface area contributed by atoms with Crippen molar-refractivity contribution in [2.45, 2.75) is 31.9 Å². The van der Waals surface area contributed by atoms with Gasteiger partial charge in [-0.05, 0) is 49.1 Å². The number of amides is 1. The molecule has 1 aliphatic heterocycles. The van der Waals surface area contributed by atoms with Gasteiger partial charge < -0.3 is 14.4 Å². The highest BCUT2D eigenvalue weighted by molar-refractivity contribution is 5.82. The molecule has 5 heteroatoms. The Morgan fingerprint density at radius 2 is 2.12 bits per heavy atom. The molecule has 5 nitrogen and oxygen atoms in total. The number of likely N-dealkylation sites (N-methyl/N-ethyl adjacent to an activating group) is 1. The van der Waals surface area contributed by atoms with Crippen molar-refractivity contribution in [3.05, 3.63) is 59.9 Å². The predicted molar refractivity (Wildman–Crippen MR) is 95.4 cm³/mol. The molecule has 132 valence electrons. The van der Waals surface area contributed by atoms with Gasteiger partial charge in [0.1, 0.15) is 11.9 Å². The van der Waals surface area contributed by atoms with Crippen LogP contribution in [-0.2, 0) is 9.53 Å². The molecule has 2 atom stereocenters. The summed E-state index contributed by atoms with van der Waals surface area (Å²) in [5.41, 5.74) is 2.02. The summed E-state index contributed by atoms with van der Waals surface area (Å²) in [7, 11) is 1.65. The average Bonchev–Trinajstić information content (AvgIpc) is 3.21. The number of rotatable bonds is 6. The molecule has 2 aromatic rings. The number of carbonyl (C=O) groups is 1. The standard InChI is InChI=1S/C20H24N2O3/c1-3-22(20(23)18-7-5-13-25-18)19(16-6-4-12-21-14-16)15-8-10-17(24-2)11-9-15/h4,6,8-12,14,18-19H,3,5,7,13H2,1-2H3. The van der Waals surface area contributed by atoms with E-state index >= 15 is 0 Å². The molecule has 0 saturated carbocycles. The molecule has 2 unspecified atom stereocenters. The minimum atomic E-state index is -0.336. The first-order chi connectivity index (χ1) is 12.2. The molecule has 1 aliphatic rings. The van der Waals surface area contributed by atoms with Gasteiger partial charge in [-0.25, -0.2) is 0 Å². The maximum Gasteiger partial charge on any atom is 0.252 e. The predicted octanol–water partition coefficient (Wildman–Crippen LogP) is 3.21. The van der Waals surface area contributed by atoms with Crippen LogP contribution < -0.4 is 4.74 Å². The zero-order valence-electron chi connectivity index (χ0n) is 14.7. The zero-order chi connectivity index (χ0) is 17.6. The third kappa shape index (κ3) is 3.82. The molecule has 1 saturated heterocycles. The third-order valence-corrected chi connectivity index (χ3v) is 4.57. The Morgan fingerprint density at radius 1 is 1.32 bits per heavy atom. The Morgan fingerprint density at radius 3 is 2.68 bits per heavy atom. The molecule has 0 radical (unpaired) electrons. The number of methoxy groups -OCH3 is 1. The second-order valence-electron chi connectivity index (χ2n) is 6.09. The number of hydrogen-bond acceptors (Lipinski definition) is 4. The SMILES string of the molecule is CCN(C(=O)C1CCCO1)C(c1ccc(OC)cc1)c1cccnc1. The fourth-order valence-electron chi connectivity index (χ4n) is 3.30. The van der Waals surface area contributed by atoms with Crippen molar-refractivity contribution in [1.29, 1.82) is 0 Å². The average molecular weight is 340 g/mol. The minimum absolute atomic E-state index is 0.0460. The summed E-state index contributed by atoms with van der Waals surface area (Å²) in [6.45, 7) is 3.26. The first kappa shape index (κ1) is 17.4. The van der Waals surface area contributed by atoms with Gasteiger partial charge >= 0.3 is 0 Å².